The molecule has 0 spiro atoms. The number of carbonyl (C=O) groups is 1. The van der Waals surface area contributed by atoms with Gasteiger partial charge in [-0.15, -0.1) is 6.58 Å². The maximum Gasteiger partial charge on any atom is 0.221 e. The Bertz CT molecular complexity index is 599. The Morgan fingerprint density at radius 3 is 2.96 bits per heavy atom. The molecule has 1 unspecified atom stereocenters. The van der Waals surface area contributed by atoms with Gasteiger partial charge in [-0.25, -0.2) is 4.99 Å². The van der Waals surface area contributed by atoms with E-state index in [-0.39, 0.29) is 11.8 Å². The van der Waals surface area contributed by atoms with E-state index in [1.165, 1.54) is 5.56 Å². The molecule has 0 bridgehead atoms. The molecule has 5 N–H and O–H groups in total. The number of likely N-dealkylation sites (tertiary alicyclic amines) is 1. The molecule has 0 saturated carbocycles. The second kappa shape index (κ2) is 9.08. The van der Waals surface area contributed by atoms with Crippen LogP contribution in [0.25, 0.3) is 0 Å². The lowest BCUT2D eigenvalue weighted by atomic mass is 9.97. The Morgan fingerprint density at radius 2 is 2.21 bits per heavy atom. The number of hydrogen-bond donors (Lipinski definition) is 3. The lowest BCUT2D eigenvalue weighted by molar-refractivity contribution is -0.123. The largest absolute Gasteiger partial charge is 0.370 e. The third-order valence-corrected chi connectivity index (χ3v) is 4.16. The Hall–Kier alpha value is -2.34. The first-order valence-electron chi connectivity index (χ1n) is 8.32. The molecule has 1 aliphatic rings. The van der Waals surface area contributed by atoms with E-state index in [0.29, 0.717) is 19.0 Å². The quantitative estimate of drug-likeness (QED) is 0.394. The van der Waals surface area contributed by atoms with Crippen molar-refractivity contribution >= 4 is 11.9 Å². The maximum atomic E-state index is 11.4. The lowest BCUT2D eigenvalue weighted by Gasteiger charge is -2.31. The fraction of sp³-hybridized carbons (Fsp3) is 0.444. The topological polar surface area (TPSA) is 96.7 Å². The van der Waals surface area contributed by atoms with Gasteiger partial charge >= 0.3 is 0 Å². The summed E-state index contributed by atoms with van der Waals surface area (Å²) in [7, 11) is 0. The van der Waals surface area contributed by atoms with Gasteiger partial charge in [0.05, 0.1) is 12.5 Å². The molecular weight excluding hydrogens is 302 g/mol. The summed E-state index contributed by atoms with van der Waals surface area (Å²) in [5, 5.41) is 2.96. The Morgan fingerprint density at radius 1 is 1.42 bits per heavy atom. The second-order valence-electron chi connectivity index (χ2n) is 6.17. The number of nitrogens with zero attached hydrogens (tertiary/aromatic N) is 2. The van der Waals surface area contributed by atoms with E-state index in [9.17, 15) is 4.79 Å². The van der Waals surface area contributed by atoms with Crippen molar-refractivity contribution in [2.24, 2.45) is 22.4 Å². The molecule has 1 aliphatic heterocycles. The highest BCUT2D eigenvalue weighted by atomic mass is 16.1. The third kappa shape index (κ3) is 5.70. The van der Waals surface area contributed by atoms with E-state index in [1.807, 2.05) is 12.1 Å². The fourth-order valence-electron chi connectivity index (χ4n) is 2.93. The Kier molecular flexibility index (Phi) is 6.81. The molecule has 1 amide bonds. The van der Waals surface area contributed by atoms with Gasteiger partial charge in [0.2, 0.25) is 5.91 Å². The summed E-state index contributed by atoms with van der Waals surface area (Å²) in [6.45, 7) is 7.34. The smallest absolute Gasteiger partial charge is 0.221 e. The number of aliphatic imine (C=N–C) groups is 1. The van der Waals surface area contributed by atoms with Crippen molar-refractivity contribution in [2.75, 3.05) is 19.6 Å². The summed E-state index contributed by atoms with van der Waals surface area (Å²) in [5.74, 6) is 0.202. The minimum atomic E-state index is -0.190. The number of nitrogens with two attached hydrogens (primary N) is 2. The molecule has 1 atom stereocenters. The van der Waals surface area contributed by atoms with Gasteiger partial charge in [0, 0.05) is 19.6 Å². The maximum absolute atomic E-state index is 11.4. The summed E-state index contributed by atoms with van der Waals surface area (Å²) in [4.78, 5) is 18.0. The number of piperidine rings is 1. The van der Waals surface area contributed by atoms with Crippen molar-refractivity contribution in [3.8, 4) is 0 Å². The summed E-state index contributed by atoms with van der Waals surface area (Å²) < 4.78 is 0. The fourth-order valence-corrected chi connectivity index (χ4v) is 2.93. The molecule has 130 valence electrons. The molecule has 0 aromatic heterocycles. The predicted octanol–water partition coefficient (Wildman–Crippen LogP) is 0.974. The van der Waals surface area contributed by atoms with Gasteiger partial charge in [-0.2, -0.15) is 0 Å². The number of carbonyl (C=O) groups excluding carboxylic acids is 1. The number of guanidine groups is 1. The number of benzene rings is 1. The second-order valence-corrected chi connectivity index (χ2v) is 6.17. The number of hydrogen-bond acceptors (Lipinski definition) is 3. The van der Waals surface area contributed by atoms with Gasteiger partial charge in [0.15, 0.2) is 5.96 Å². The zero-order valence-electron chi connectivity index (χ0n) is 14.1. The summed E-state index contributed by atoms with van der Waals surface area (Å²) in [6.07, 6.45) is 3.65. The highest BCUT2D eigenvalue weighted by Gasteiger charge is 2.23. The molecule has 6 heteroatoms. The predicted molar refractivity (Wildman–Crippen MR) is 97.2 cm³/mol. The van der Waals surface area contributed by atoms with E-state index >= 15 is 0 Å². The standard InChI is InChI=1S/C18H27N5O/c1-2-8-21-18(20)22-11-14-5-3-6-15(10-14)12-23-9-4-7-16(13-23)17(19)24/h2-3,5-6,10,16H,1,4,7-9,11-13H2,(H2,19,24)(H3,20,21,22). The van der Waals surface area contributed by atoms with Crippen LogP contribution in [0.1, 0.15) is 24.0 Å². The first-order valence-corrected chi connectivity index (χ1v) is 8.32. The van der Waals surface area contributed by atoms with Gasteiger partial charge in [0.25, 0.3) is 0 Å². The molecule has 0 aliphatic carbocycles. The van der Waals surface area contributed by atoms with E-state index in [2.05, 4.69) is 33.9 Å². The molecule has 2 rings (SSSR count). The first kappa shape index (κ1) is 18.0. The highest BCUT2D eigenvalue weighted by Crippen LogP contribution is 2.18. The van der Waals surface area contributed by atoms with Crippen LogP contribution in [0.3, 0.4) is 0 Å². The summed E-state index contributed by atoms with van der Waals surface area (Å²) >= 11 is 0. The van der Waals surface area contributed by atoms with E-state index < -0.39 is 0 Å². The van der Waals surface area contributed by atoms with Crippen LogP contribution >= 0.6 is 0 Å². The van der Waals surface area contributed by atoms with Crippen LogP contribution < -0.4 is 16.8 Å². The number of nitrogens with one attached hydrogen (secondary N) is 1. The molecule has 1 aromatic rings. The van der Waals surface area contributed by atoms with Crippen molar-refractivity contribution in [3.05, 3.63) is 48.0 Å². The van der Waals surface area contributed by atoms with Crippen molar-refractivity contribution in [1.29, 1.82) is 0 Å². The minimum Gasteiger partial charge on any atom is -0.370 e. The molecule has 24 heavy (non-hydrogen) atoms. The molecule has 1 heterocycles. The monoisotopic (exact) mass is 329 g/mol. The van der Waals surface area contributed by atoms with Crippen LogP contribution in [-0.2, 0) is 17.9 Å². The van der Waals surface area contributed by atoms with Crippen LogP contribution in [0.5, 0.6) is 0 Å². The third-order valence-electron chi connectivity index (χ3n) is 4.16. The number of rotatable bonds is 7. The molecule has 1 aromatic carbocycles. The van der Waals surface area contributed by atoms with E-state index in [4.69, 9.17) is 11.5 Å². The normalized spacial score (nSPS) is 19.0. The zero-order valence-corrected chi connectivity index (χ0v) is 14.1. The first-order chi connectivity index (χ1) is 11.6. The van der Waals surface area contributed by atoms with Gasteiger partial charge in [-0.1, -0.05) is 30.3 Å². The van der Waals surface area contributed by atoms with Crippen LogP contribution in [0.4, 0.5) is 0 Å². The van der Waals surface area contributed by atoms with Crippen molar-refractivity contribution in [1.82, 2.24) is 10.2 Å². The Labute approximate surface area is 143 Å². The van der Waals surface area contributed by atoms with E-state index in [0.717, 1.165) is 38.0 Å². The summed E-state index contributed by atoms with van der Waals surface area (Å²) in [5.41, 5.74) is 13.5. The average molecular weight is 329 g/mol. The van der Waals surface area contributed by atoms with Gasteiger partial charge < -0.3 is 16.8 Å². The van der Waals surface area contributed by atoms with Crippen molar-refractivity contribution < 1.29 is 4.79 Å². The van der Waals surface area contributed by atoms with Gasteiger partial charge in [0.1, 0.15) is 0 Å². The number of amides is 1. The molecule has 1 saturated heterocycles. The molecule has 0 radical (unpaired) electrons. The SMILES string of the molecule is C=CCNC(N)=NCc1cccc(CN2CCCC(C(N)=O)C2)c1. The lowest BCUT2D eigenvalue weighted by Crippen LogP contribution is -2.40. The van der Waals surface area contributed by atoms with E-state index in [1.54, 1.807) is 6.08 Å². The highest BCUT2D eigenvalue weighted by molar-refractivity contribution is 5.78. The molecule has 6 nitrogen and oxygen atoms in total. The molecular formula is C18H27N5O. The van der Waals surface area contributed by atoms with Crippen molar-refractivity contribution in [2.45, 2.75) is 25.9 Å². The van der Waals surface area contributed by atoms with Gasteiger partial charge in [-0.05, 0) is 30.5 Å². The summed E-state index contributed by atoms with van der Waals surface area (Å²) in [6, 6.07) is 8.30. The van der Waals surface area contributed by atoms with Crippen LogP contribution in [0.15, 0.2) is 41.9 Å². The number of primary amides is 1. The van der Waals surface area contributed by atoms with Crippen molar-refractivity contribution in [3.63, 3.8) is 0 Å². The van der Waals surface area contributed by atoms with Gasteiger partial charge in [-0.3, -0.25) is 9.69 Å². The van der Waals surface area contributed by atoms with Crippen LogP contribution in [0, 0.1) is 5.92 Å². The van der Waals surface area contributed by atoms with Crippen LogP contribution in [0.2, 0.25) is 0 Å². The van der Waals surface area contributed by atoms with Crippen LogP contribution in [-0.4, -0.2) is 36.4 Å². The molecule has 1 fully saturated rings. The Balaban J connectivity index is 1.92. The zero-order chi connectivity index (χ0) is 17.4. The average Bonchev–Trinajstić information content (AvgIpc) is 2.58. The minimum absolute atomic E-state index is 0.0257.